The molecule has 27 heavy (non-hydrogen) atoms. The van der Waals surface area contributed by atoms with Gasteiger partial charge in [0, 0.05) is 16.9 Å². The Labute approximate surface area is 163 Å². The lowest BCUT2D eigenvalue weighted by Crippen LogP contribution is -2.05. The van der Waals surface area contributed by atoms with Gasteiger partial charge in [0.2, 0.25) is 5.89 Å². The van der Waals surface area contributed by atoms with Crippen LogP contribution in [0.5, 0.6) is 5.75 Å². The van der Waals surface area contributed by atoms with Crippen molar-refractivity contribution in [3.8, 4) is 17.2 Å². The van der Waals surface area contributed by atoms with E-state index in [1.807, 2.05) is 38.1 Å². The molecule has 3 aromatic rings. The maximum atomic E-state index is 12.0. The number of thioether (sulfide) groups is 1. The molecule has 0 unspecified atom stereocenters. The second-order valence-corrected chi connectivity index (χ2v) is 7.36. The Morgan fingerprint density at radius 2 is 1.81 bits per heavy atom. The van der Waals surface area contributed by atoms with Crippen LogP contribution >= 0.6 is 11.8 Å². The molecule has 1 aromatic heterocycles. The molecule has 0 amide bonds. The van der Waals surface area contributed by atoms with E-state index < -0.39 is 0 Å². The van der Waals surface area contributed by atoms with Crippen LogP contribution in [-0.2, 0) is 5.75 Å². The number of aromatic nitrogens is 2. The number of hydrogen-bond donors (Lipinski definition) is 0. The first-order chi connectivity index (χ1) is 12.9. The van der Waals surface area contributed by atoms with E-state index in [1.165, 1.54) is 11.8 Å². The maximum Gasteiger partial charge on any atom is 0.277 e. The number of benzene rings is 2. The Balaban J connectivity index is 1.79. The fraction of sp³-hybridized carbons (Fsp3) is 0.286. The third-order valence-corrected chi connectivity index (χ3v) is 5.41. The van der Waals surface area contributed by atoms with Crippen LogP contribution < -0.4 is 4.74 Å². The van der Waals surface area contributed by atoms with E-state index in [1.54, 1.807) is 14.0 Å². The van der Waals surface area contributed by atoms with Crippen LogP contribution in [-0.4, -0.2) is 23.1 Å². The third kappa shape index (κ3) is 4.06. The summed E-state index contributed by atoms with van der Waals surface area (Å²) in [7, 11) is 1.63. The number of Topliss-reactive ketones (excluding diaryl/α,β-unsaturated/α-hetero) is 1. The minimum Gasteiger partial charge on any atom is -0.497 e. The van der Waals surface area contributed by atoms with Gasteiger partial charge in [0.05, 0.1) is 7.11 Å². The van der Waals surface area contributed by atoms with Crippen molar-refractivity contribution >= 4 is 17.5 Å². The average molecular weight is 382 g/mol. The molecule has 0 saturated heterocycles. The van der Waals surface area contributed by atoms with Gasteiger partial charge in [-0.2, -0.15) is 0 Å². The van der Waals surface area contributed by atoms with Crippen molar-refractivity contribution in [2.24, 2.45) is 0 Å². The molecule has 0 atom stereocenters. The zero-order valence-corrected chi connectivity index (χ0v) is 16.9. The van der Waals surface area contributed by atoms with Gasteiger partial charge in [-0.25, -0.2) is 0 Å². The van der Waals surface area contributed by atoms with E-state index in [9.17, 15) is 4.79 Å². The van der Waals surface area contributed by atoms with E-state index in [4.69, 9.17) is 9.15 Å². The number of nitrogens with zero attached hydrogens (tertiary/aromatic N) is 2. The number of hydrogen-bond acceptors (Lipinski definition) is 6. The number of aryl methyl sites for hydroxylation is 2. The van der Waals surface area contributed by atoms with Crippen molar-refractivity contribution in [3.05, 3.63) is 58.1 Å². The number of rotatable bonds is 6. The van der Waals surface area contributed by atoms with Crippen LogP contribution in [0, 0.1) is 20.8 Å². The normalized spacial score (nSPS) is 10.9. The molecule has 1 heterocycles. The number of carbonyl (C=O) groups is 1. The molecule has 0 aliphatic carbocycles. The first-order valence-corrected chi connectivity index (χ1v) is 9.60. The zero-order chi connectivity index (χ0) is 19.6. The minimum atomic E-state index is 0.0934. The highest BCUT2D eigenvalue weighted by Gasteiger charge is 2.16. The molecule has 0 aliphatic rings. The number of methoxy groups -OCH3 is 1. The van der Waals surface area contributed by atoms with Gasteiger partial charge in [-0.3, -0.25) is 4.79 Å². The topological polar surface area (TPSA) is 65.2 Å². The van der Waals surface area contributed by atoms with Crippen LogP contribution in [0.15, 0.2) is 40.0 Å². The van der Waals surface area contributed by atoms with Gasteiger partial charge >= 0.3 is 0 Å². The predicted octanol–water partition coefficient (Wildman–Crippen LogP) is 5.17. The lowest BCUT2D eigenvalue weighted by Gasteiger charge is -2.15. The summed E-state index contributed by atoms with van der Waals surface area (Å²) < 4.78 is 10.9. The molecular formula is C21H22N2O3S. The van der Waals surface area contributed by atoms with E-state index in [-0.39, 0.29) is 5.78 Å². The lowest BCUT2D eigenvalue weighted by atomic mass is 9.92. The zero-order valence-electron chi connectivity index (χ0n) is 16.1. The van der Waals surface area contributed by atoms with Gasteiger partial charge in [0.15, 0.2) is 5.78 Å². The van der Waals surface area contributed by atoms with Crippen LogP contribution in [0.4, 0.5) is 0 Å². The first-order valence-electron chi connectivity index (χ1n) is 8.62. The Morgan fingerprint density at radius 1 is 1.11 bits per heavy atom. The summed E-state index contributed by atoms with van der Waals surface area (Å²) in [4.78, 5) is 12.0. The second kappa shape index (κ2) is 7.96. The lowest BCUT2D eigenvalue weighted by molar-refractivity contribution is 0.101. The molecule has 0 aliphatic heterocycles. The molecular weight excluding hydrogens is 360 g/mol. The monoisotopic (exact) mass is 382 g/mol. The Hall–Kier alpha value is -2.60. The van der Waals surface area contributed by atoms with Crippen LogP contribution in [0.3, 0.4) is 0 Å². The van der Waals surface area contributed by atoms with Gasteiger partial charge in [-0.15, -0.1) is 10.2 Å². The summed E-state index contributed by atoms with van der Waals surface area (Å²) in [5.74, 6) is 2.01. The number of ketones is 1. The Kier molecular flexibility index (Phi) is 5.65. The van der Waals surface area contributed by atoms with E-state index in [2.05, 4.69) is 23.2 Å². The van der Waals surface area contributed by atoms with Crippen molar-refractivity contribution < 1.29 is 13.9 Å². The molecule has 6 heteroatoms. The summed E-state index contributed by atoms with van der Waals surface area (Å²) in [6.45, 7) is 7.66. The third-order valence-electron chi connectivity index (χ3n) is 4.57. The van der Waals surface area contributed by atoms with Gasteiger partial charge in [-0.05, 0) is 74.2 Å². The molecule has 0 radical (unpaired) electrons. The highest BCUT2D eigenvalue weighted by atomic mass is 32.2. The molecule has 0 bridgehead atoms. The molecule has 0 fully saturated rings. The first kappa shape index (κ1) is 19.2. The Bertz CT molecular complexity index is 978. The molecule has 3 rings (SSSR count). The minimum absolute atomic E-state index is 0.0934. The molecule has 140 valence electrons. The quantitative estimate of drug-likeness (QED) is 0.433. The van der Waals surface area contributed by atoms with Crippen LogP contribution in [0.25, 0.3) is 11.5 Å². The molecule has 0 N–H and O–H groups in total. The number of ether oxygens (including phenoxy) is 1. The SMILES string of the molecule is COc1ccc(-c2nnc(SCc3c(C)cc(C)c(C(C)=O)c3C)o2)cc1. The smallest absolute Gasteiger partial charge is 0.277 e. The fourth-order valence-electron chi connectivity index (χ4n) is 3.24. The van der Waals surface area contributed by atoms with Gasteiger partial charge in [0.25, 0.3) is 5.22 Å². The van der Waals surface area contributed by atoms with Crippen molar-refractivity contribution in [3.63, 3.8) is 0 Å². The summed E-state index contributed by atoms with van der Waals surface area (Å²) in [5, 5.41) is 8.76. The highest BCUT2D eigenvalue weighted by molar-refractivity contribution is 7.98. The van der Waals surface area contributed by atoms with Gasteiger partial charge in [0.1, 0.15) is 5.75 Å². The van der Waals surface area contributed by atoms with Gasteiger partial charge in [-0.1, -0.05) is 17.8 Å². The van der Waals surface area contributed by atoms with Crippen LogP contribution in [0.2, 0.25) is 0 Å². The van der Waals surface area contributed by atoms with Crippen molar-refractivity contribution in [2.45, 2.75) is 38.7 Å². The second-order valence-electron chi connectivity index (χ2n) is 6.44. The van der Waals surface area contributed by atoms with E-state index in [0.29, 0.717) is 16.9 Å². The number of carbonyl (C=O) groups excluding carboxylic acids is 1. The molecule has 2 aromatic carbocycles. The standard InChI is InChI=1S/C21H22N2O3S/c1-12-10-13(2)19(15(4)24)14(3)18(12)11-27-21-23-22-20(26-21)16-6-8-17(25-5)9-7-16/h6-10H,11H2,1-5H3. The fourth-order valence-corrected chi connectivity index (χ4v) is 4.19. The van der Waals surface area contributed by atoms with Crippen molar-refractivity contribution in [1.29, 1.82) is 0 Å². The van der Waals surface area contributed by atoms with Gasteiger partial charge < -0.3 is 9.15 Å². The predicted molar refractivity (Wildman–Crippen MR) is 107 cm³/mol. The van der Waals surface area contributed by atoms with E-state index in [0.717, 1.165) is 39.1 Å². The molecule has 0 spiro atoms. The summed E-state index contributed by atoms with van der Waals surface area (Å²) in [6, 6.07) is 9.54. The van der Waals surface area contributed by atoms with Crippen molar-refractivity contribution in [2.75, 3.05) is 7.11 Å². The summed E-state index contributed by atoms with van der Waals surface area (Å²) in [5.41, 5.74) is 6.00. The summed E-state index contributed by atoms with van der Waals surface area (Å²) >= 11 is 1.48. The Morgan fingerprint density at radius 3 is 2.44 bits per heavy atom. The molecule has 5 nitrogen and oxygen atoms in total. The molecule has 0 saturated carbocycles. The van der Waals surface area contributed by atoms with Crippen LogP contribution in [0.1, 0.15) is 39.5 Å². The highest BCUT2D eigenvalue weighted by Crippen LogP contribution is 2.31. The average Bonchev–Trinajstić information content (AvgIpc) is 3.10. The van der Waals surface area contributed by atoms with Crippen molar-refractivity contribution in [1.82, 2.24) is 10.2 Å². The maximum absolute atomic E-state index is 12.0. The largest absolute Gasteiger partial charge is 0.497 e. The van der Waals surface area contributed by atoms with E-state index >= 15 is 0 Å². The summed E-state index contributed by atoms with van der Waals surface area (Å²) in [6.07, 6.45) is 0.